The standard InChI is InChI=1S/C28H25N3O2/c1-19(29-28(32)22-13-15-24(33-2)16-14-22)27-30-25-9-5-6-10-26(25)31(27)18-20-11-12-21-7-3-4-8-23(21)17-20/h3-17,19H,18H2,1-2H3,(H,29,32). The molecular weight excluding hydrogens is 410 g/mol. The van der Waals surface area contributed by atoms with Gasteiger partial charge in [0, 0.05) is 12.1 Å². The third-order valence-corrected chi connectivity index (χ3v) is 5.93. The zero-order valence-electron chi connectivity index (χ0n) is 18.7. The SMILES string of the molecule is COc1ccc(C(=O)NC(C)c2nc3ccccc3n2Cc2ccc3ccccc3c2)cc1. The second-order valence-corrected chi connectivity index (χ2v) is 8.15. The third-order valence-electron chi connectivity index (χ3n) is 5.93. The van der Waals surface area contributed by atoms with Gasteiger partial charge in [-0.15, -0.1) is 0 Å². The molecule has 1 N–H and O–H groups in total. The molecule has 0 aliphatic heterocycles. The molecule has 5 heteroatoms. The minimum Gasteiger partial charge on any atom is -0.497 e. The van der Waals surface area contributed by atoms with E-state index in [1.54, 1.807) is 31.4 Å². The minimum absolute atomic E-state index is 0.144. The molecule has 5 aromatic rings. The summed E-state index contributed by atoms with van der Waals surface area (Å²) in [5.74, 6) is 1.40. The lowest BCUT2D eigenvalue weighted by Gasteiger charge is -2.17. The highest BCUT2D eigenvalue weighted by Gasteiger charge is 2.19. The van der Waals surface area contributed by atoms with Crippen molar-refractivity contribution in [2.24, 2.45) is 0 Å². The van der Waals surface area contributed by atoms with Crippen LogP contribution in [0.5, 0.6) is 5.75 Å². The third kappa shape index (κ3) is 4.17. The second kappa shape index (κ2) is 8.79. The summed E-state index contributed by atoms with van der Waals surface area (Å²) in [6.07, 6.45) is 0. The van der Waals surface area contributed by atoms with E-state index in [1.807, 2.05) is 25.1 Å². The molecule has 5 rings (SSSR count). The number of imidazole rings is 1. The highest BCUT2D eigenvalue weighted by molar-refractivity contribution is 5.94. The molecule has 164 valence electrons. The number of ether oxygens (including phenoxy) is 1. The first-order chi connectivity index (χ1) is 16.1. The first-order valence-electron chi connectivity index (χ1n) is 11.0. The summed E-state index contributed by atoms with van der Waals surface area (Å²) in [7, 11) is 1.61. The molecule has 0 aliphatic carbocycles. The molecule has 1 amide bonds. The number of carbonyl (C=O) groups is 1. The number of nitrogens with one attached hydrogen (secondary N) is 1. The Balaban J connectivity index is 1.47. The van der Waals surface area contributed by atoms with E-state index in [2.05, 4.69) is 58.4 Å². The van der Waals surface area contributed by atoms with Gasteiger partial charge in [-0.3, -0.25) is 4.79 Å². The summed E-state index contributed by atoms with van der Waals surface area (Å²) >= 11 is 0. The Morgan fingerprint density at radius 2 is 1.67 bits per heavy atom. The molecule has 5 nitrogen and oxygen atoms in total. The van der Waals surface area contributed by atoms with Gasteiger partial charge in [0.05, 0.1) is 24.2 Å². The number of para-hydroxylation sites is 2. The van der Waals surface area contributed by atoms with Crippen LogP contribution in [0.2, 0.25) is 0 Å². The Bertz CT molecular complexity index is 1440. The van der Waals surface area contributed by atoms with Crippen LogP contribution < -0.4 is 10.1 Å². The monoisotopic (exact) mass is 435 g/mol. The van der Waals surface area contributed by atoms with Gasteiger partial charge >= 0.3 is 0 Å². The van der Waals surface area contributed by atoms with Crippen LogP contribution in [0, 0.1) is 0 Å². The lowest BCUT2D eigenvalue weighted by Crippen LogP contribution is -2.28. The maximum Gasteiger partial charge on any atom is 0.251 e. The summed E-state index contributed by atoms with van der Waals surface area (Å²) in [6, 6.07) is 29.8. The van der Waals surface area contributed by atoms with Crippen LogP contribution in [-0.4, -0.2) is 22.6 Å². The van der Waals surface area contributed by atoms with E-state index in [1.165, 1.54) is 16.3 Å². The molecule has 4 aromatic carbocycles. The number of hydrogen-bond donors (Lipinski definition) is 1. The Morgan fingerprint density at radius 1 is 0.939 bits per heavy atom. The smallest absolute Gasteiger partial charge is 0.251 e. The van der Waals surface area contributed by atoms with Gasteiger partial charge in [-0.1, -0.05) is 48.5 Å². The summed E-state index contributed by atoms with van der Waals surface area (Å²) < 4.78 is 7.38. The molecule has 0 bridgehead atoms. The highest BCUT2D eigenvalue weighted by atomic mass is 16.5. The van der Waals surface area contributed by atoms with Crippen molar-refractivity contribution in [3.05, 3.63) is 108 Å². The lowest BCUT2D eigenvalue weighted by molar-refractivity contribution is 0.0937. The number of methoxy groups -OCH3 is 1. The topological polar surface area (TPSA) is 56.1 Å². The van der Waals surface area contributed by atoms with Crippen LogP contribution in [0.4, 0.5) is 0 Å². The Kier molecular flexibility index (Phi) is 5.53. The Morgan fingerprint density at radius 3 is 2.45 bits per heavy atom. The van der Waals surface area contributed by atoms with Crippen molar-refractivity contribution in [1.82, 2.24) is 14.9 Å². The quantitative estimate of drug-likeness (QED) is 0.370. The first kappa shape index (κ1) is 20.8. The lowest BCUT2D eigenvalue weighted by atomic mass is 10.1. The summed E-state index contributed by atoms with van der Waals surface area (Å²) in [4.78, 5) is 17.7. The molecule has 0 saturated heterocycles. The van der Waals surface area contributed by atoms with E-state index in [-0.39, 0.29) is 11.9 Å². The highest BCUT2D eigenvalue weighted by Crippen LogP contribution is 2.24. The van der Waals surface area contributed by atoms with Crippen molar-refractivity contribution in [1.29, 1.82) is 0 Å². The fourth-order valence-electron chi connectivity index (χ4n) is 4.20. The summed E-state index contributed by atoms with van der Waals surface area (Å²) in [5.41, 5.74) is 3.73. The summed E-state index contributed by atoms with van der Waals surface area (Å²) in [6.45, 7) is 2.64. The largest absolute Gasteiger partial charge is 0.497 e. The van der Waals surface area contributed by atoms with Crippen LogP contribution in [0.25, 0.3) is 21.8 Å². The molecule has 33 heavy (non-hydrogen) atoms. The van der Waals surface area contributed by atoms with Crippen molar-refractivity contribution in [2.75, 3.05) is 7.11 Å². The summed E-state index contributed by atoms with van der Waals surface area (Å²) in [5, 5.41) is 5.53. The van der Waals surface area contributed by atoms with Gasteiger partial charge in [-0.2, -0.15) is 0 Å². The van der Waals surface area contributed by atoms with Crippen LogP contribution >= 0.6 is 0 Å². The average molecular weight is 436 g/mol. The first-order valence-corrected chi connectivity index (χ1v) is 11.0. The van der Waals surface area contributed by atoms with E-state index < -0.39 is 0 Å². The molecule has 1 unspecified atom stereocenters. The van der Waals surface area contributed by atoms with Gasteiger partial charge in [0.25, 0.3) is 5.91 Å². The van der Waals surface area contributed by atoms with E-state index in [0.717, 1.165) is 22.6 Å². The molecule has 1 aromatic heterocycles. The number of rotatable bonds is 6. The van der Waals surface area contributed by atoms with E-state index in [4.69, 9.17) is 9.72 Å². The number of nitrogens with zero attached hydrogens (tertiary/aromatic N) is 2. The molecule has 0 aliphatic rings. The molecular formula is C28H25N3O2. The van der Waals surface area contributed by atoms with E-state index in [9.17, 15) is 4.79 Å². The van der Waals surface area contributed by atoms with Crippen molar-refractivity contribution in [3.8, 4) is 5.75 Å². The van der Waals surface area contributed by atoms with Crippen molar-refractivity contribution in [2.45, 2.75) is 19.5 Å². The van der Waals surface area contributed by atoms with Crippen LogP contribution in [0.15, 0.2) is 91.0 Å². The fourth-order valence-corrected chi connectivity index (χ4v) is 4.20. The fraction of sp³-hybridized carbons (Fsp3) is 0.143. The van der Waals surface area contributed by atoms with Gasteiger partial charge in [0.15, 0.2) is 0 Å². The molecule has 0 radical (unpaired) electrons. The van der Waals surface area contributed by atoms with E-state index >= 15 is 0 Å². The predicted octanol–water partition coefficient (Wildman–Crippen LogP) is 5.74. The van der Waals surface area contributed by atoms with Crippen LogP contribution in [-0.2, 0) is 6.54 Å². The van der Waals surface area contributed by atoms with Crippen molar-refractivity contribution < 1.29 is 9.53 Å². The van der Waals surface area contributed by atoms with Gasteiger partial charge in [0.1, 0.15) is 11.6 Å². The molecule has 0 spiro atoms. The number of carbonyl (C=O) groups excluding carboxylic acids is 1. The number of fused-ring (bicyclic) bond motifs is 2. The van der Waals surface area contributed by atoms with Gasteiger partial charge in [-0.25, -0.2) is 4.98 Å². The number of benzene rings is 4. The van der Waals surface area contributed by atoms with E-state index in [0.29, 0.717) is 12.1 Å². The van der Waals surface area contributed by atoms with Crippen LogP contribution in [0.1, 0.15) is 34.7 Å². The van der Waals surface area contributed by atoms with Crippen LogP contribution in [0.3, 0.4) is 0 Å². The average Bonchev–Trinajstić information content (AvgIpc) is 3.22. The maximum atomic E-state index is 12.9. The van der Waals surface area contributed by atoms with Crippen molar-refractivity contribution in [3.63, 3.8) is 0 Å². The van der Waals surface area contributed by atoms with Gasteiger partial charge in [-0.05, 0) is 65.7 Å². The normalized spacial score (nSPS) is 12.1. The Labute approximate surface area is 192 Å². The van der Waals surface area contributed by atoms with Crippen molar-refractivity contribution >= 4 is 27.7 Å². The second-order valence-electron chi connectivity index (χ2n) is 8.15. The molecule has 0 saturated carbocycles. The predicted molar refractivity (Wildman–Crippen MR) is 132 cm³/mol. The zero-order chi connectivity index (χ0) is 22.8. The molecule has 1 atom stereocenters. The Hall–Kier alpha value is -4.12. The molecule has 1 heterocycles. The zero-order valence-corrected chi connectivity index (χ0v) is 18.7. The number of hydrogen-bond acceptors (Lipinski definition) is 3. The number of aromatic nitrogens is 2. The number of amides is 1. The molecule has 0 fully saturated rings. The van der Waals surface area contributed by atoms with Gasteiger partial charge in [0.2, 0.25) is 0 Å². The van der Waals surface area contributed by atoms with Gasteiger partial charge < -0.3 is 14.6 Å². The minimum atomic E-state index is -0.271. The maximum absolute atomic E-state index is 12.9.